The van der Waals surface area contributed by atoms with E-state index < -0.39 is 31.1 Å². The zero-order valence-corrected chi connectivity index (χ0v) is 15.3. The Bertz CT molecular complexity index is 1050. The third-order valence-electron chi connectivity index (χ3n) is 4.61. The van der Waals surface area contributed by atoms with Crippen molar-refractivity contribution in [2.45, 2.75) is 31.1 Å². The van der Waals surface area contributed by atoms with Crippen LogP contribution in [0, 0.1) is 5.41 Å². The van der Waals surface area contributed by atoms with E-state index >= 15 is 0 Å². The van der Waals surface area contributed by atoms with E-state index in [1.807, 2.05) is 18.2 Å². The summed E-state index contributed by atoms with van der Waals surface area (Å²) in [7, 11) is 0. The van der Waals surface area contributed by atoms with Crippen molar-refractivity contribution >= 4 is 22.8 Å². The van der Waals surface area contributed by atoms with Gasteiger partial charge in [0.15, 0.2) is 22.9 Å². The first kappa shape index (κ1) is 18.8. The highest BCUT2D eigenvalue weighted by Crippen LogP contribution is 2.30. The number of hydrogen-bond acceptors (Lipinski definition) is 8. The molecule has 2 aromatic heterocycles. The zero-order chi connectivity index (χ0) is 19.8. The molecule has 11 heteroatoms. The number of aromatic nitrogens is 4. The van der Waals surface area contributed by atoms with E-state index in [4.69, 9.17) is 26.6 Å². The molecule has 0 amide bonds. The van der Waals surface area contributed by atoms with Crippen molar-refractivity contribution in [1.82, 2.24) is 19.3 Å². The summed E-state index contributed by atoms with van der Waals surface area (Å²) < 4.78 is 8.07. The highest BCUT2D eigenvalue weighted by atomic mass is 35.5. The van der Waals surface area contributed by atoms with Crippen LogP contribution in [0.4, 0.5) is 0 Å². The number of benzene rings is 1. The molecule has 1 saturated heterocycles. The second-order valence-electron chi connectivity index (χ2n) is 6.34. The Morgan fingerprint density at radius 2 is 1.96 bits per heavy atom. The van der Waals surface area contributed by atoms with E-state index in [1.165, 1.54) is 22.0 Å². The Morgan fingerprint density at radius 1 is 1.18 bits per heavy atom. The molecule has 1 aliphatic heterocycles. The number of aliphatic hydroxyl groups excluding tert-OH is 3. The van der Waals surface area contributed by atoms with Crippen LogP contribution in [0.25, 0.3) is 11.2 Å². The van der Waals surface area contributed by atoms with Gasteiger partial charge in [-0.1, -0.05) is 29.8 Å². The van der Waals surface area contributed by atoms with Crippen molar-refractivity contribution in [3.05, 3.63) is 53.0 Å². The van der Waals surface area contributed by atoms with Crippen LogP contribution in [0.15, 0.2) is 36.9 Å². The number of fused-ring (bicyclic) bond motifs is 1. The predicted molar refractivity (Wildman–Crippen MR) is 96.1 cm³/mol. The van der Waals surface area contributed by atoms with Gasteiger partial charge in [-0.15, -0.1) is 0 Å². The zero-order valence-electron chi connectivity index (χ0n) is 14.5. The molecule has 10 nitrogen and oxygen atoms in total. The number of imidazole rings is 1. The molecule has 0 radical (unpaired) electrons. The molecule has 3 heterocycles. The minimum absolute atomic E-state index is 0.0532. The van der Waals surface area contributed by atoms with Gasteiger partial charge in [0.1, 0.15) is 31.2 Å². The molecule has 0 spiro atoms. The Balaban J connectivity index is 1.61. The number of aliphatic hydroxyl groups is 3. The van der Waals surface area contributed by atoms with Crippen LogP contribution in [0.3, 0.4) is 0 Å². The van der Waals surface area contributed by atoms with Gasteiger partial charge in [-0.3, -0.25) is 9.98 Å². The molecular formula is C17H18ClN5O5. The fraction of sp³-hybridized carbons (Fsp3) is 0.353. The summed E-state index contributed by atoms with van der Waals surface area (Å²) in [6.07, 6.45) is -1.75. The lowest BCUT2D eigenvalue weighted by molar-refractivity contribution is -0.0511. The van der Waals surface area contributed by atoms with Gasteiger partial charge in [0.2, 0.25) is 0 Å². The monoisotopic (exact) mass is 407 g/mol. The SMILES string of the molecule is N=c1c2ncn([C@@H]3O[C@H](CO)[C@@H](O)[C@H]3O)c2ncn1OCc1ccccc1Cl. The maximum absolute atomic E-state index is 10.2. The van der Waals surface area contributed by atoms with Crippen molar-refractivity contribution in [3.63, 3.8) is 0 Å². The van der Waals surface area contributed by atoms with E-state index in [9.17, 15) is 15.3 Å². The van der Waals surface area contributed by atoms with Crippen LogP contribution in [-0.4, -0.2) is 59.5 Å². The van der Waals surface area contributed by atoms with Crippen LogP contribution in [0.2, 0.25) is 5.02 Å². The maximum atomic E-state index is 10.2. The molecule has 4 atom stereocenters. The molecule has 0 bridgehead atoms. The number of nitrogens with one attached hydrogen (secondary N) is 1. The van der Waals surface area contributed by atoms with Gasteiger partial charge in [0, 0.05) is 10.6 Å². The van der Waals surface area contributed by atoms with Gasteiger partial charge in [0.25, 0.3) is 0 Å². The van der Waals surface area contributed by atoms with Crippen molar-refractivity contribution in [2.24, 2.45) is 0 Å². The topological polar surface area (TPSA) is 139 Å². The quantitative estimate of drug-likeness (QED) is 0.451. The second-order valence-corrected chi connectivity index (χ2v) is 6.74. The van der Waals surface area contributed by atoms with Gasteiger partial charge in [0.05, 0.1) is 12.9 Å². The van der Waals surface area contributed by atoms with Gasteiger partial charge in [-0.25, -0.2) is 9.97 Å². The Hall–Kier alpha value is -2.50. The second kappa shape index (κ2) is 7.49. The Morgan fingerprint density at radius 3 is 2.68 bits per heavy atom. The van der Waals surface area contributed by atoms with E-state index in [0.29, 0.717) is 5.02 Å². The molecule has 3 aromatic rings. The summed E-state index contributed by atoms with van der Waals surface area (Å²) in [5, 5.41) is 38.2. The molecule has 0 saturated carbocycles. The summed E-state index contributed by atoms with van der Waals surface area (Å²) in [5.41, 5.74) is 1.20. The number of rotatable bonds is 5. The average molecular weight is 408 g/mol. The van der Waals surface area contributed by atoms with Gasteiger partial charge in [-0.2, -0.15) is 4.73 Å². The van der Waals surface area contributed by atoms with Gasteiger partial charge >= 0.3 is 0 Å². The van der Waals surface area contributed by atoms with Crippen molar-refractivity contribution in [3.8, 4) is 0 Å². The third-order valence-corrected chi connectivity index (χ3v) is 4.97. The maximum Gasteiger partial charge on any atom is 0.192 e. The minimum atomic E-state index is -1.27. The fourth-order valence-corrected chi connectivity index (χ4v) is 3.26. The standard InChI is InChI=1S/C17H18ClN5O5/c18-10-4-2-1-3-9(10)6-27-23-8-21-16-12(15(23)19)20-7-22(16)17-14(26)13(25)11(5-24)28-17/h1-4,7-8,11,13-14,17,19,24-26H,5-6H2/t11-,13-,14-,17-/m1/s1. The first-order valence-electron chi connectivity index (χ1n) is 8.49. The third kappa shape index (κ3) is 3.15. The molecule has 4 rings (SSSR count). The molecule has 1 aromatic carbocycles. The number of nitrogens with zero attached hydrogens (tertiary/aromatic N) is 4. The average Bonchev–Trinajstić information content (AvgIpc) is 3.24. The molecular weight excluding hydrogens is 390 g/mol. The van der Waals surface area contributed by atoms with Crippen LogP contribution >= 0.6 is 11.6 Å². The first-order chi connectivity index (χ1) is 13.5. The number of halogens is 1. The highest BCUT2D eigenvalue weighted by Gasteiger charge is 2.44. The summed E-state index contributed by atoms with van der Waals surface area (Å²) in [6.45, 7) is -0.298. The number of hydrogen-bond donors (Lipinski definition) is 4. The van der Waals surface area contributed by atoms with Crippen molar-refractivity contribution in [2.75, 3.05) is 6.61 Å². The van der Waals surface area contributed by atoms with Crippen LogP contribution < -0.4 is 10.3 Å². The predicted octanol–water partition coefficient (Wildman–Crippen LogP) is -0.394. The Labute approximate surface area is 163 Å². The molecule has 28 heavy (non-hydrogen) atoms. The molecule has 0 unspecified atom stereocenters. The molecule has 1 fully saturated rings. The summed E-state index contributed by atoms with van der Waals surface area (Å²) in [6, 6.07) is 7.21. The highest BCUT2D eigenvalue weighted by molar-refractivity contribution is 6.31. The van der Waals surface area contributed by atoms with Crippen LogP contribution in [0.5, 0.6) is 0 Å². The van der Waals surface area contributed by atoms with Gasteiger partial charge < -0.3 is 24.9 Å². The van der Waals surface area contributed by atoms with E-state index in [2.05, 4.69) is 9.97 Å². The lowest BCUT2D eigenvalue weighted by Gasteiger charge is -2.16. The van der Waals surface area contributed by atoms with Crippen LogP contribution in [-0.2, 0) is 11.3 Å². The summed E-state index contributed by atoms with van der Waals surface area (Å²) in [4.78, 5) is 14.0. The van der Waals surface area contributed by atoms with Crippen LogP contribution in [0.1, 0.15) is 11.8 Å². The lowest BCUT2D eigenvalue weighted by Crippen LogP contribution is -2.33. The van der Waals surface area contributed by atoms with Crippen molar-refractivity contribution in [1.29, 1.82) is 5.41 Å². The number of ether oxygens (including phenoxy) is 1. The van der Waals surface area contributed by atoms with E-state index in [1.54, 1.807) is 6.07 Å². The van der Waals surface area contributed by atoms with E-state index in [-0.39, 0.29) is 23.3 Å². The largest absolute Gasteiger partial charge is 0.406 e. The van der Waals surface area contributed by atoms with Gasteiger partial charge in [-0.05, 0) is 6.07 Å². The molecule has 4 N–H and O–H groups in total. The summed E-state index contributed by atoms with van der Waals surface area (Å²) in [5.74, 6) is 0. The van der Waals surface area contributed by atoms with E-state index in [0.717, 1.165) is 5.56 Å². The normalized spacial score (nSPS) is 24.7. The molecule has 0 aliphatic carbocycles. The fourth-order valence-electron chi connectivity index (χ4n) is 3.07. The smallest absolute Gasteiger partial charge is 0.192 e. The van der Waals surface area contributed by atoms with Crippen molar-refractivity contribution < 1.29 is 24.9 Å². The first-order valence-corrected chi connectivity index (χ1v) is 8.87. The molecule has 148 valence electrons. The lowest BCUT2D eigenvalue weighted by atomic mass is 10.1. The molecule has 1 aliphatic rings. The minimum Gasteiger partial charge on any atom is -0.406 e. The Kier molecular flexibility index (Phi) is 5.04. The summed E-state index contributed by atoms with van der Waals surface area (Å²) >= 11 is 6.11.